The Balaban J connectivity index is 1.20. The number of halogens is 1. The fourth-order valence-corrected chi connectivity index (χ4v) is 4.95. The summed E-state index contributed by atoms with van der Waals surface area (Å²) in [5.74, 6) is -0.0746. The van der Waals surface area contributed by atoms with Crippen molar-refractivity contribution in [3.63, 3.8) is 0 Å². The molecule has 2 saturated heterocycles. The molecule has 0 aromatic heterocycles. The number of amides is 1. The normalized spacial score (nSPS) is 20.3. The lowest BCUT2D eigenvalue weighted by atomic mass is 10.0. The number of carbonyl (C=O) groups excluding carboxylic acids is 1. The zero-order valence-corrected chi connectivity index (χ0v) is 18.2. The van der Waals surface area contributed by atoms with Crippen molar-refractivity contribution >= 4 is 5.91 Å². The van der Waals surface area contributed by atoms with Gasteiger partial charge in [-0.15, -0.1) is 0 Å². The molecule has 2 aromatic carbocycles. The van der Waals surface area contributed by atoms with Crippen LogP contribution in [0.25, 0.3) is 0 Å². The molecule has 1 amide bonds. The van der Waals surface area contributed by atoms with E-state index in [4.69, 9.17) is 4.74 Å². The number of benzene rings is 2. The van der Waals surface area contributed by atoms with Crippen LogP contribution in [0.5, 0.6) is 0 Å². The van der Waals surface area contributed by atoms with E-state index in [1.54, 1.807) is 12.1 Å². The van der Waals surface area contributed by atoms with Gasteiger partial charge in [-0.25, -0.2) is 4.39 Å². The minimum Gasteiger partial charge on any atom is -0.375 e. The molecule has 0 aliphatic carbocycles. The fraction of sp³-hybridized carbons (Fsp3) is 0.500. The van der Waals surface area contributed by atoms with Gasteiger partial charge in [0.05, 0.1) is 13.2 Å². The van der Waals surface area contributed by atoms with Gasteiger partial charge in [0.25, 0.3) is 0 Å². The monoisotopic (exact) mass is 424 g/mol. The van der Waals surface area contributed by atoms with E-state index < -0.39 is 0 Å². The quantitative estimate of drug-likeness (QED) is 0.629. The van der Waals surface area contributed by atoms with Gasteiger partial charge in [-0.1, -0.05) is 48.5 Å². The average Bonchev–Trinajstić information content (AvgIpc) is 3.28. The maximum atomic E-state index is 13.8. The molecule has 1 atom stereocenters. The molecule has 31 heavy (non-hydrogen) atoms. The minimum absolute atomic E-state index is 0.144. The molecule has 5 heteroatoms. The van der Waals surface area contributed by atoms with E-state index in [0.29, 0.717) is 37.1 Å². The number of aryl methyl sites for hydroxylation is 1. The second kappa shape index (κ2) is 10.9. The van der Waals surface area contributed by atoms with Crippen LogP contribution in [0.4, 0.5) is 4.39 Å². The van der Waals surface area contributed by atoms with Crippen LogP contribution in [0.3, 0.4) is 0 Å². The van der Waals surface area contributed by atoms with Crippen LogP contribution < -0.4 is 0 Å². The third kappa shape index (κ3) is 5.92. The molecule has 4 nitrogen and oxygen atoms in total. The Morgan fingerprint density at radius 2 is 1.71 bits per heavy atom. The van der Waals surface area contributed by atoms with E-state index in [1.807, 2.05) is 29.2 Å². The molecule has 2 aromatic rings. The Morgan fingerprint density at radius 1 is 0.968 bits per heavy atom. The first-order valence-corrected chi connectivity index (χ1v) is 11.6. The SMILES string of the molecule is O=C(CCc1ccccc1F)N1CCC(N2CCC[C@H]2COCc2ccccc2)CC1. The van der Waals surface area contributed by atoms with Crippen molar-refractivity contribution in [2.75, 3.05) is 26.2 Å². The van der Waals surface area contributed by atoms with Crippen LogP contribution in [0.15, 0.2) is 54.6 Å². The average molecular weight is 425 g/mol. The smallest absolute Gasteiger partial charge is 0.222 e. The summed E-state index contributed by atoms with van der Waals surface area (Å²) in [5, 5.41) is 0. The Bertz CT molecular complexity index is 836. The molecule has 0 spiro atoms. The van der Waals surface area contributed by atoms with Crippen molar-refractivity contribution in [1.29, 1.82) is 0 Å². The van der Waals surface area contributed by atoms with Crippen molar-refractivity contribution in [3.8, 4) is 0 Å². The summed E-state index contributed by atoms with van der Waals surface area (Å²) < 4.78 is 19.8. The topological polar surface area (TPSA) is 32.8 Å². The number of ether oxygens (including phenoxy) is 1. The van der Waals surface area contributed by atoms with Gasteiger partial charge in [0.2, 0.25) is 5.91 Å². The minimum atomic E-state index is -0.219. The highest BCUT2D eigenvalue weighted by Gasteiger charge is 2.33. The molecule has 0 unspecified atom stereocenters. The van der Waals surface area contributed by atoms with Gasteiger partial charge in [-0.2, -0.15) is 0 Å². The highest BCUT2D eigenvalue weighted by molar-refractivity contribution is 5.76. The zero-order valence-electron chi connectivity index (χ0n) is 18.2. The summed E-state index contributed by atoms with van der Waals surface area (Å²) in [4.78, 5) is 17.2. The van der Waals surface area contributed by atoms with Crippen molar-refractivity contribution in [3.05, 3.63) is 71.5 Å². The summed E-state index contributed by atoms with van der Waals surface area (Å²) in [6.07, 6.45) is 5.29. The molecule has 2 heterocycles. The molecule has 2 aliphatic heterocycles. The second-order valence-electron chi connectivity index (χ2n) is 8.74. The number of hydrogen-bond donors (Lipinski definition) is 0. The predicted molar refractivity (Wildman–Crippen MR) is 120 cm³/mol. The second-order valence-corrected chi connectivity index (χ2v) is 8.74. The summed E-state index contributed by atoms with van der Waals surface area (Å²) in [6, 6.07) is 18.1. The van der Waals surface area contributed by atoms with E-state index in [9.17, 15) is 9.18 Å². The van der Waals surface area contributed by atoms with Gasteiger partial charge in [0.15, 0.2) is 0 Å². The molecule has 0 N–H and O–H groups in total. The third-order valence-corrected chi connectivity index (χ3v) is 6.70. The number of piperidine rings is 1. The van der Waals surface area contributed by atoms with E-state index >= 15 is 0 Å². The number of likely N-dealkylation sites (tertiary alicyclic amines) is 2. The maximum absolute atomic E-state index is 13.8. The Kier molecular flexibility index (Phi) is 7.71. The standard InChI is InChI=1S/C26H33FN2O2/c27-25-11-5-4-9-22(25)12-13-26(30)28-17-14-23(15-18-28)29-16-6-10-24(29)20-31-19-21-7-2-1-3-8-21/h1-5,7-9,11,23-24H,6,10,12-20H2/t24-/m0/s1. The highest BCUT2D eigenvalue weighted by atomic mass is 19.1. The first-order valence-electron chi connectivity index (χ1n) is 11.6. The van der Waals surface area contributed by atoms with Gasteiger partial charge >= 0.3 is 0 Å². The van der Waals surface area contributed by atoms with Crippen molar-refractivity contribution in [2.45, 2.75) is 57.2 Å². The Labute approximate surface area is 185 Å². The van der Waals surface area contributed by atoms with E-state index in [2.05, 4.69) is 17.0 Å². The first-order chi connectivity index (χ1) is 15.2. The molecule has 0 saturated carbocycles. The lowest BCUT2D eigenvalue weighted by molar-refractivity contribution is -0.132. The van der Waals surface area contributed by atoms with Gasteiger partial charge in [0, 0.05) is 31.6 Å². The van der Waals surface area contributed by atoms with Crippen molar-refractivity contribution < 1.29 is 13.9 Å². The van der Waals surface area contributed by atoms with Crippen molar-refractivity contribution in [1.82, 2.24) is 9.80 Å². The number of rotatable bonds is 8. The van der Waals surface area contributed by atoms with E-state index in [1.165, 1.54) is 24.5 Å². The largest absolute Gasteiger partial charge is 0.375 e. The van der Waals surface area contributed by atoms with E-state index in [-0.39, 0.29) is 11.7 Å². The van der Waals surface area contributed by atoms with Crippen molar-refractivity contribution in [2.24, 2.45) is 0 Å². The summed E-state index contributed by atoms with van der Waals surface area (Å²) in [6.45, 7) is 4.17. The molecule has 0 bridgehead atoms. The molecule has 4 rings (SSSR count). The third-order valence-electron chi connectivity index (χ3n) is 6.70. The van der Waals surface area contributed by atoms with Crippen LogP contribution in [0, 0.1) is 5.82 Å². The zero-order chi connectivity index (χ0) is 21.5. The van der Waals surface area contributed by atoms with E-state index in [0.717, 1.165) is 39.1 Å². The fourth-order valence-electron chi connectivity index (χ4n) is 4.95. The first kappa shape index (κ1) is 22.0. The van der Waals surface area contributed by atoms with Crippen LogP contribution >= 0.6 is 0 Å². The van der Waals surface area contributed by atoms with Gasteiger partial charge in [0.1, 0.15) is 5.82 Å². The van der Waals surface area contributed by atoms with Crippen LogP contribution in [0.2, 0.25) is 0 Å². The number of hydrogen-bond acceptors (Lipinski definition) is 3. The molecular formula is C26H33FN2O2. The molecular weight excluding hydrogens is 391 g/mol. The Morgan fingerprint density at radius 3 is 2.48 bits per heavy atom. The van der Waals surface area contributed by atoms with Gasteiger partial charge < -0.3 is 9.64 Å². The molecule has 0 radical (unpaired) electrons. The number of carbonyl (C=O) groups is 1. The molecule has 2 fully saturated rings. The molecule has 2 aliphatic rings. The van der Waals surface area contributed by atoms with Gasteiger partial charge in [-0.05, 0) is 55.8 Å². The number of nitrogens with zero attached hydrogens (tertiary/aromatic N) is 2. The predicted octanol–water partition coefficient (Wildman–Crippen LogP) is 4.43. The Hall–Kier alpha value is -2.24. The van der Waals surface area contributed by atoms with Crippen LogP contribution in [-0.4, -0.2) is 54.0 Å². The maximum Gasteiger partial charge on any atom is 0.222 e. The summed E-state index contributed by atoms with van der Waals surface area (Å²) >= 11 is 0. The lowest BCUT2D eigenvalue weighted by Crippen LogP contribution is -2.49. The van der Waals surface area contributed by atoms with Crippen LogP contribution in [-0.2, 0) is 22.6 Å². The lowest BCUT2D eigenvalue weighted by Gasteiger charge is -2.39. The summed E-state index contributed by atoms with van der Waals surface area (Å²) in [5.41, 5.74) is 1.84. The van der Waals surface area contributed by atoms with Gasteiger partial charge in [-0.3, -0.25) is 9.69 Å². The molecule has 166 valence electrons. The summed E-state index contributed by atoms with van der Waals surface area (Å²) in [7, 11) is 0. The van der Waals surface area contributed by atoms with Crippen LogP contribution in [0.1, 0.15) is 43.2 Å². The highest BCUT2D eigenvalue weighted by Crippen LogP contribution is 2.27.